The van der Waals surface area contributed by atoms with Gasteiger partial charge in [-0.3, -0.25) is 4.79 Å². The van der Waals surface area contributed by atoms with Crippen molar-refractivity contribution in [3.8, 4) is 0 Å². The fourth-order valence-corrected chi connectivity index (χ4v) is 1.41. The van der Waals surface area contributed by atoms with Crippen molar-refractivity contribution in [2.24, 2.45) is 0 Å². The molecule has 0 amide bonds. The second kappa shape index (κ2) is 3.73. The fourth-order valence-electron chi connectivity index (χ4n) is 1.41. The van der Waals surface area contributed by atoms with E-state index < -0.39 is 0 Å². The van der Waals surface area contributed by atoms with Crippen molar-refractivity contribution in [3.63, 3.8) is 0 Å². The third-order valence-corrected chi connectivity index (χ3v) is 2.70. The summed E-state index contributed by atoms with van der Waals surface area (Å²) in [5, 5.41) is 0. The van der Waals surface area contributed by atoms with Gasteiger partial charge in [-0.2, -0.15) is 0 Å². The Labute approximate surface area is 79.8 Å². The topological polar surface area (TPSA) is 17.1 Å². The van der Waals surface area contributed by atoms with Crippen LogP contribution in [0.4, 0.5) is 0 Å². The van der Waals surface area contributed by atoms with Crippen LogP contribution in [-0.2, 0) is 5.41 Å². The van der Waals surface area contributed by atoms with Crippen LogP contribution < -0.4 is 0 Å². The van der Waals surface area contributed by atoms with Crippen molar-refractivity contribution in [1.82, 2.24) is 0 Å². The van der Waals surface area contributed by atoms with Gasteiger partial charge in [0.05, 0.1) is 0 Å². The van der Waals surface area contributed by atoms with Gasteiger partial charge in [0, 0.05) is 5.56 Å². The number of hydrogen-bond donors (Lipinski definition) is 0. The number of hydrogen-bond acceptors (Lipinski definition) is 1. The fraction of sp³-hybridized carbons (Fsp3) is 0.417. The largest absolute Gasteiger partial charge is 0.298 e. The van der Waals surface area contributed by atoms with Gasteiger partial charge < -0.3 is 0 Å². The molecule has 0 heterocycles. The first-order chi connectivity index (χ1) is 6.11. The molecule has 0 fully saturated rings. The molecule has 0 aliphatic heterocycles. The van der Waals surface area contributed by atoms with E-state index in [2.05, 4.69) is 20.8 Å². The third-order valence-electron chi connectivity index (χ3n) is 2.70. The van der Waals surface area contributed by atoms with Crippen molar-refractivity contribution in [3.05, 3.63) is 35.4 Å². The highest BCUT2D eigenvalue weighted by Gasteiger charge is 2.20. The number of rotatable bonds is 3. The van der Waals surface area contributed by atoms with Crippen molar-refractivity contribution >= 4 is 6.29 Å². The molecule has 0 bridgehead atoms. The van der Waals surface area contributed by atoms with Gasteiger partial charge in [0.15, 0.2) is 0 Å². The number of benzene rings is 1. The lowest BCUT2D eigenvalue weighted by Crippen LogP contribution is -2.17. The summed E-state index contributed by atoms with van der Waals surface area (Å²) in [4.78, 5) is 10.8. The highest BCUT2D eigenvalue weighted by molar-refractivity contribution is 5.77. The summed E-state index contributed by atoms with van der Waals surface area (Å²) in [5.74, 6) is 0. The van der Waals surface area contributed by atoms with Crippen LogP contribution in [0.25, 0.3) is 0 Å². The molecule has 0 unspecified atom stereocenters. The third kappa shape index (κ3) is 1.97. The molecular formula is C12H16O. The molecule has 1 rings (SSSR count). The Morgan fingerprint density at radius 2 is 1.92 bits per heavy atom. The molecule has 0 atom stereocenters. The first-order valence-electron chi connectivity index (χ1n) is 4.66. The van der Waals surface area contributed by atoms with Gasteiger partial charge in [-0.25, -0.2) is 0 Å². The van der Waals surface area contributed by atoms with E-state index in [4.69, 9.17) is 0 Å². The second-order valence-electron chi connectivity index (χ2n) is 3.94. The number of carbonyl (C=O) groups excluding carboxylic acids is 1. The van der Waals surface area contributed by atoms with E-state index in [1.54, 1.807) is 0 Å². The first kappa shape index (κ1) is 9.97. The molecule has 0 saturated heterocycles. The second-order valence-corrected chi connectivity index (χ2v) is 3.94. The molecule has 1 nitrogen and oxygen atoms in total. The van der Waals surface area contributed by atoms with Gasteiger partial charge in [0.1, 0.15) is 6.29 Å². The summed E-state index contributed by atoms with van der Waals surface area (Å²) in [6.07, 6.45) is 1.98. The van der Waals surface area contributed by atoms with E-state index in [1.165, 1.54) is 0 Å². The molecule has 0 aliphatic rings. The lowest BCUT2D eigenvalue weighted by Gasteiger charge is -2.24. The summed E-state index contributed by atoms with van der Waals surface area (Å²) in [5.41, 5.74) is 2.05. The zero-order chi connectivity index (χ0) is 9.90. The maximum absolute atomic E-state index is 10.8. The van der Waals surface area contributed by atoms with Gasteiger partial charge in [0.25, 0.3) is 0 Å². The molecule has 0 aromatic heterocycles. The van der Waals surface area contributed by atoms with Crippen LogP contribution in [-0.4, -0.2) is 6.29 Å². The number of carbonyl (C=O) groups is 1. The van der Waals surface area contributed by atoms with Crippen molar-refractivity contribution in [1.29, 1.82) is 0 Å². The highest BCUT2D eigenvalue weighted by atomic mass is 16.1. The number of aldehydes is 1. The van der Waals surface area contributed by atoms with E-state index in [9.17, 15) is 4.79 Å². The summed E-state index contributed by atoms with van der Waals surface area (Å²) in [6, 6.07) is 7.80. The van der Waals surface area contributed by atoms with E-state index in [-0.39, 0.29) is 5.41 Å². The van der Waals surface area contributed by atoms with Crippen LogP contribution in [0, 0.1) is 0 Å². The zero-order valence-electron chi connectivity index (χ0n) is 8.50. The quantitative estimate of drug-likeness (QED) is 0.646. The molecular weight excluding hydrogens is 160 g/mol. The standard InChI is InChI=1S/C12H16O/c1-4-12(2,3)11-8-6-5-7-10(11)9-13/h5-9H,4H2,1-3H3. The van der Waals surface area contributed by atoms with Crippen LogP contribution in [0.1, 0.15) is 43.1 Å². The van der Waals surface area contributed by atoms with Gasteiger partial charge >= 0.3 is 0 Å². The summed E-state index contributed by atoms with van der Waals surface area (Å²) in [6.45, 7) is 6.46. The Balaban J connectivity index is 3.20. The van der Waals surface area contributed by atoms with Crippen LogP contribution in [0.15, 0.2) is 24.3 Å². The predicted molar refractivity (Wildman–Crippen MR) is 55.1 cm³/mol. The van der Waals surface area contributed by atoms with E-state index >= 15 is 0 Å². The smallest absolute Gasteiger partial charge is 0.150 e. The first-order valence-corrected chi connectivity index (χ1v) is 4.66. The maximum atomic E-state index is 10.8. The van der Waals surface area contributed by atoms with Gasteiger partial charge in [-0.1, -0.05) is 45.0 Å². The molecule has 1 aromatic carbocycles. The summed E-state index contributed by atoms with van der Waals surface area (Å²) in [7, 11) is 0. The molecule has 0 radical (unpaired) electrons. The van der Waals surface area contributed by atoms with Crippen LogP contribution in [0.2, 0.25) is 0 Å². The zero-order valence-corrected chi connectivity index (χ0v) is 8.50. The average molecular weight is 176 g/mol. The predicted octanol–water partition coefficient (Wildman–Crippen LogP) is 3.19. The Morgan fingerprint density at radius 3 is 2.46 bits per heavy atom. The maximum Gasteiger partial charge on any atom is 0.150 e. The Morgan fingerprint density at radius 1 is 1.31 bits per heavy atom. The van der Waals surface area contributed by atoms with Crippen LogP contribution in [0.5, 0.6) is 0 Å². The minimum absolute atomic E-state index is 0.0947. The Bertz CT molecular complexity index is 300. The summed E-state index contributed by atoms with van der Waals surface area (Å²) < 4.78 is 0. The lowest BCUT2D eigenvalue weighted by molar-refractivity contribution is 0.112. The monoisotopic (exact) mass is 176 g/mol. The molecule has 0 N–H and O–H groups in total. The molecule has 0 saturated carbocycles. The lowest BCUT2D eigenvalue weighted by atomic mass is 9.80. The van der Waals surface area contributed by atoms with Gasteiger partial charge in [-0.15, -0.1) is 0 Å². The average Bonchev–Trinajstić information content (AvgIpc) is 2.18. The minimum Gasteiger partial charge on any atom is -0.298 e. The molecule has 1 aromatic rings. The molecule has 0 spiro atoms. The molecule has 1 heteroatoms. The normalized spacial score (nSPS) is 11.3. The van der Waals surface area contributed by atoms with E-state index in [0.717, 1.165) is 23.8 Å². The van der Waals surface area contributed by atoms with E-state index in [0.29, 0.717) is 0 Å². The van der Waals surface area contributed by atoms with Crippen LogP contribution >= 0.6 is 0 Å². The van der Waals surface area contributed by atoms with E-state index in [1.807, 2.05) is 24.3 Å². The molecule has 70 valence electrons. The van der Waals surface area contributed by atoms with Gasteiger partial charge in [0.2, 0.25) is 0 Å². The van der Waals surface area contributed by atoms with Crippen molar-refractivity contribution < 1.29 is 4.79 Å². The highest BCUT2D eigenvalue weighted by Crippen LogP contribution is 2.28. The van der Waals surface area contributed by atoms with Crippen molar-refractivity contribution in [2.45, 2.75) is 32.6 Å². The molecule has 13 heavy (non-hydrogen) atoms. The SMILES string of the molecule is CCC(C)(C)c1ccccc1C=O. The summed E-state index contributed by atoms with van der Waals surface area (Å²) >= 11 is 0. The Hall–Kier alpha value is -1.11. The minimum atomic E-state index is 0.0947. The van der Waals surface area contributed by atoms with Crippen molar-refractivity contribution in [2.75, 3.05) is 0 Å². The Kier molecular flexibility index (Phi) is 2.86. The van der Waals surface area contributed by atoms with Gasteiger partial charge in [-0.05, 0) is 17.4 Å². The molecule has 0 aliphatic carbocycles. The van der Waals surface area contributed by atoms with Crippen LogP contribution in [0.3, 0.4) is 0 Å².